The molecule has 0 saturated heterocycles. The first kappa shape index (κ1) is 18.9. The van der Waals surface area contributed by atoms with E-state index in [9.17, 15) is 8.42 Å². The highest BCUT2D eigenvalue weighted by atomic mass is 32.2. The Morgan fingerprint density at radius 2 is 1.40 bits per heavy atom. The molecule has 0 unspecified atom stereocenters. The van der Waals surface area contributed by atoms with Crippen LogP contribution in [-0.4, -0.2) is 28.2 Å². The van der Waals surface area contributed by atoms with E-state index in [0.717, 1.165) is 0 Å². The number of hydrogen-bond donors (Lipinski definition) is 1. The first-order valence-corrected chi connectivity index (χ1v) is 9.64. The van der Waals surface area contributed by atoms with Gasteiger partial charge in [-0.2, -0.15) is 0 Å². The Kier molecular flexibility index (Phi) is 6.52. The van der Waals surface area contributed by atoms with Crippen LogP contribution in [0, 0.1) is 0 Å². The number of hydrogen-bond acceptors (Lipinski definition) is 5. The molecule has 0 aliphatic carbocycles. The summed E-state index contributed by atoms with van der Waals surface area (Å²) in [6, 6.07) is 11.4. The fraction of sp³-hybridized carbons (Fsp3) is 0.333. The summed E-state index contributed by atoms with van der Waals surface area (Å²) in [5, 5.41) is 0. The molecule has 0 saturated carbocycles. The molecular weight excluding hydrogens is 342 g/mol. The average molecular weight is 365 g/mol. The van der Waals surface area contributed by atoms with Gasteiger partial charge in [0, 0.05) is 6.07 Å². The second kappa shape index (κ2) is 8.62. The Morgan fingerprint density at radius 3 is 2.08 bits per heavy atom. The first-order chi connectivity index (χ1) is 12.0. The van der Waals surface area contributed by atoms with Crippen LogP contribution in [0.3, 0.4) is 0 Å². The molecule has 0 fully saturated rings. The van der Waals surface area contributed by atoms with E-state index in [0.29, 0.717) is 42.8 Å². The second-order valence-electron chi connectivity index (χ2n) is 5.01. The summed E-state index contributed by atoms with van der Waals surface area (Å²) in [5.41, 5.74) is 0.385. The molecular formula is C18H23NO5S. The molecule has 25 heavy (non-hydrogen) atoms. The number of sulfonamides is 1. The number of anilines is 1. The third-order valence-corrected chi connectivity index (χ3v) is 4.62. The quantitative estimate of drug-likeness (QED) is 0.734. The standard InChI is InChI=1S/C18H23NO5S/c1-4-22-16-10-8-7-9-15(16)19-25(20,21)14-11-12-17(23-5-2)18(13-14)24-6-3/h7-13,19H,4-6H2,1-3H3. The second-order valence-corrected chi connectivity index (χ2v) is 6.69. The van der Waals surface area contributed by atoms with Crippen LogP contribution >= 0.6 is 0 Å². The van der Waals surface area contributed by atoms with Gasteiger partial charge in [-0.3, -0.25) is 4.72 Å². The van der Waals surface area contributed by atoms with Gasteiger partial charge in [-0.25, -0.2) is 8.42 Å². The third kappa shape index (κ3) is 4.79. The van der Waals surface area contributed by atoms with Crippen molar-refractivity contribution in [2.24, 2.45) is 0 Å². The van der Waals surface area contributed by atoms with E-state index < -0.39 is 10.0 Å². The van der Waals surface area contributed by atoms with Crippen molar-refractivity contribution >= 4 is 15.7 Å². The molecule has 0 aliphatic heterocycles. The van der Waals surface area contributed by atoms with E-state index in [2.05, 4.69) is 4.72 Å². The Bertz CT molecular complexity index is 805. The zero-order valence-electron chi connectivity index (χ0n) is 14.6. The van der Waals surface area contributed by atoms with Gasteiger partial charge in [-0.1, -0.05) is 12.1 Å². The maximum Gasteiger partial charge on any atom is 0.262 e. The number of rotatable bonds is 9. The molecule has 136 valence electrons. The highest BCUT2D eigenvalue weighted by molar-refractivity contribution is 7.92. The van der Waals surface area contributed by atoms with Crippen molar-refractivity contribution in [3.8, 4) is 17.2 Å². The van der Waals surface area contributed by atoms with Gasteiger partial charge in [-0.05, 0) is 45.0 Å². The Labute approximate surface area is 148 Å². The lowest BCUT2D eigenvalue weighted by molar-refractivity contribution is 0.287. The van der Waals surface area contributed by atoms with Crippen LogP contribution in [0.15, 0.2) is 47.4 Å². The molecule has 6 nitrogen and oxygen atoms in total. The van der Waals surface area contributed by atoms with Crippen molar-refractivity contribution in [2.45, 2.75) is 25.7 Å². The maximum atomic E-state index is 12.7. The van der Waals surface area contributed by atoms with Gasteiger partial charge in [0.25, 0.3) is 10.0 Å². The van der Waals surface area contributed by atoms with Crippen molar-refractivity contribution < 1.29 is 22.6 Å². The molecule has 2 rings (SSSR count). The minimum Gasteiger partial charge on any atom is -0.492 e. The molecule has 0 aromatic heterocycles. The predicted molar refractivity (Wildman–Crippen MR) is 97.2 cm³/mol. The molecule has 0 atom stereocenters. The van der Waals surface area contributed by atoms with Gasteiger partial charge in [0.2, 0.25) is 0 Å². The van der Waals surface area contributed by atoms with Gasteiger partial charge >= 0.3 is 0 Å². The van der Waals surface area contributed by atoms with Crippen LogP contribution in [0.4, 0.5) is 5.69 Å². The summed E-state index contributed by atoms with van der Waals surface area (Å²) in [6.07, 6.45) is 0. The van der Waals surface area contributed by atoms with Crippen molar-refractivity contribution in [1.82, 2.24) is 0 Å². The highest BCUT2D eigenvalue weighted by Gasteiger charge is 2.19. The number of nitrogens with one attached hydrogen (secondary N) is 1. The van der Waals surface area contributed by atoms with E-state index in [4.69, 9.17) is 14.2 Å². The van der Waals surface area contributed by atoms with Crippen LogP contribution < -0.4 is 18.9 Å². The van der Waals surface area contributed by atoms with Crippen LogP contribution in [0.5, 0.6) is 17.2 Å². The summed E-state index contributed by atoms with van der Waals surface area (Å²) in [6.45, 7) is 6.83. The molecule has 1 N–H and O–H groups in total. The largest absolute Gasteiger partial charge is 0.492 e. The topological polar surface area (TPSA) is 73.9 Å². The van der Waals surface area contributed by atoms with Crippen LogP contribution in [0.1, 0.15) is 20.8 Å². The minimum atomic E-state index is -3.79. The van der Waals surface area contributed by atoms with Crippen molar-refractivity contribution in [3.05, 3.63) is 42.5 Å². The van der Waals surface area contributed by atoms with Gasteiger partial charge in [0.15, 0.2) is 11.5 Å². The molecule has 0 radical (unpaired) electrons. The maximum absolute atomic E-state index is 12.7. The van der Waals surface area contributed by atoms with E-state index in [1.54, 1.807) is 30.3 Å². The summed E-state index contributed by atoms with van der Waals surface area (Å²) in [7, 11) is -3.79. The Balaban J connectivity index is 2.35. The number of benzene rings is 2. The lowest BCUT2D eigenvalue weighted by Crippen LogP contribution is -2.14. The number of ether oxygens (including phenoxy) is 3. The van der Waals surface area contributed by atoms with Crippen molar-refractivity contribution in [3.63, 3.8) is 0 Å². The van der Waals surface area contributed by atoms with E-state index in [1.807, 2.05) is 20.8 Å². The zero-order chi connectivity index (χ0) is 18.3. The molecule has 0 aliphatic rings. The Hall–Kier alpha value is -2.41. The molecule has 0 heterocycles. The summed E-state index contributed by atoms with van der Waals surface area (Å²) >= 11 is 0. The smallest absolute Gasteiger partial charge is 0.262 e. The Morgan fingerprint density at radius 1 is 0.800 bits per heavy atom. The normalized spacial score (nSPS) is 11.0. The summed E-state index contributed by atoms with van der Waals surface area (Å²) < 4.78 is 44.4. The van der Waals surface area contributed by atoms with E-state index >= 15 is 0 Å². The third-order valence-electron chi connectivity index (χ3n) is 3.26. The molecule has 0 bridgehead atoms. The van der Waals surface area contributed by atoms with E-state index in [-0.39, 0.29) is 4.90 Å². The predicted octanol–water partition coefficient (Wildman–Crippen LogP) is 3.68. The molecule has 2 aromatic carbocycles. The average Bonchev–Trinajstić information content (AvgIpc) is 2.58. The van der Waals surface area contributed by atoms with Crippen molar-refractivity contribution in [1.29, 1.82) is 0 Å². The lowest BCUT2D eigenvalue weighted by Gasteiger charge is -2.15. The fourth-order valence-corrected chi connectivity index (χ4v) is 3.32. The van der Waals surface area contributed by atoms with Crippen LogP contribution in [0.2, 0.25) is 0 Å². The number of para-hydroxylation sites is 2. The summed E-state index contributed by atoms with van der Waals surface area (Å²) in [4.78, 5) is 0.0886. The zero-order valence-corrected chi connectivity index (χ0v) is 15.4. The molecule has 0 amide bonds. The van der Waals surface area contributed by atoms with Crippen LogP contribution in [-0.2, 0) is 10.0 Å². The minimum absolute atomic E-state index is 0.0886. The van der Waals surface area contributed by atoms with Gasteiger partial charge in [0.05, 0.1) is 30.4 Å². The molecule has 7 heteroatoms. The van der Waals surface area contributed by atoms with Gasteiger partial charge in [-0.15, -0.1) is 0 Å². The molecule has 0 spiro atoms. The monoisotopic (exact) mass is 365 g/mol. The lowest BCUT2D eigenvalue weighted by atomic mass is 10.3. The SMILES string of the molecule is CCOc1ccccc1NS(=O)(=O)c1ccc(OCC)c(OCC)c1. The first-order valence-electron chi connectivity index (χ1n) is 8.16. The highest BCUT2D eigenvalue weighted by Crippen LogP contribution is 2.32. The van der Waals surface area contributed by atoms with Gasteiger partial charge < -0.3 is 14.2 Å². The van der Waals surface area contributed by atoms with Gasteiger partial charge in [0.1, 0.15) is 5.75 Å². The summed E-state index contributed by atoms with van der Waals surface area (Å²) in [5.74, 6) is 1.38. The fourth-order valence-electron chi connectivity index (χ4n) is 2.23. The van der Waals surface area contributed by atoms with Crippen LogP contribution in [0.25, 0.3) is 0 Å². The van der Waals surface area contributed by atoms with Crippen molar-refractivity contribution in [2.75, 3.05) is 24.5 Å². The molecule has 2 aromatic rings. The van der Waals surface area contributed by atoms with E-state index in [1.165, 1.54) is 12.1 Å².